The molecule has 1 N–H and O–H groups in total. The van der Waals surface area contributed by atoms with Gasteiger partial charge in [0.05, 0.1) is 20.8 Å². The van der Waals surface area contributed by atoms with Crippen LogP contribution < -0.4 is 5.48 Å². The van der Waals surface area contributed by atoms with Crippen LogP contribution in [0, 0.1) is 0 Å². The van der Waals surface area contributed by atoms with Crippen molar-refractivity contribution in [3.63, 3.8) is 0 Å². The summed E-state index contributed by atoms with van der Waals surface area (Å²) in [5.41, 5.74) is 0.587. The molecule has 1 unspecified atom stereocenters. The van der Waals surface area contributed by atoms with E-state index in [0.29, 0.717) is 15.9 Å². The van der Waals surface area contributed by atoms with Crippen molar-refractivity contribution in [2.24, 2.45) is 0 Å². The molecule has 0 bridgehead atoms. The van der Waals surface area contributed by atoms with E-state index in [1.807, 2.05) is 0 Å². The Kier molecular flexibility index (Phi) is 5.98. The molecule has 0 saturated carbocycles. The molecule has 1 aliphatic heterocycles. The van der Waals surface area contributed by atoms with E-state index in [-0.39, 0.29) is 26.3 Å². The molecule has 2 aromatic carbocycles. The maximum absolute atomic E-state index is 14.0. The van der Waals surface area contributed by atoms with Crippen LogP contribution in [0.4, 0.5) is 13.2 Å². The van der Waals surface area contributed by atoms with Gasteiger partial charge in [-0.3, -0.25) is 10.3 Å². The number of hydrogen-bond acceptors (Lipinski definition) is 2. The van der Waals surface area contributed by atoms with Gasteiger partial charge in [0, 0.05) is 21.5 Å². The van der Waals surface area contributed by atoms with E-state index in [1.54, 1.807) is 18.2 Å². The molecule has 1 atom stereocenters. The topological polar surface area (TPSA) is 21.3 Å². The van der Waals surface area contributed by atoms with Gasteiger partial charge in [-0.15, -0.1) is 0 Å². The molecule has 0 fully saturated rings. The SMILES string of the molecule is FC(F)(F)C1(c2cc(Cl)c(Cl)c(Cl)c2)C=C(c2ccc(CBr)c(Cl)c2)NO1. The first-order valence-electron chi connectivity index (χ1n) is 7.32. The Bertz CT molecular complexity index is 912. The summed E-state index contributed by atoms with van der Waals surface area (Å²) >= 11 is 27.1. The van der Waals surface area contributed by atoms with Gasteiger partial charge in [0.1, 0.15) is 0 Å². The largest absolute Gasteiger partial charge is 0.428 e. The van der Waals surface area contributed by atoms with Gasteiger partial charge < -0.3 is 0 Å². The molecule has 0 amide bonds. The fraction of sp³-hybridized carbons (Fsp3) is 0.176. The number of nitrogens with one attached hydrogen (secondary N) is 1. The third-order valence-electron chi connectivity index (χ3n) is 4.01. The lowest BCUT2D eigenvalue weighted by Crippen LogP contribution is -2.42. The quantitative estimate of drug-likeness (QED) is 0.333. The number of rotatable bonds is 3. The van der Waals surface area contributed by atoms with Gasteiger partial charge in [0.25, 0.3) is 0 Å². The molecular formula is C17H9BrCl4F3NO. The van der Waals surface area contributed by atoms with Crippen LogP contribution in [0.25, 0.3) is 5.70 Å². The highest BCUT2D eigenvalue weighted by molar-refractivity contribution is 9.08. The molecule has 0 radical (unpaired) electrons. The van der Waals surface area contributed by atoms with Crippen LogP contribution in [0.5, 0.6) is 0 Å². The molecule has 0 aliphatic carbocycles. The number of hydrogen-bond donors (Lipinski definition) is 1. The van der Waals surface area contributed by atoms with Gasteiger partial charge >= 0.3 is 6.18 Å². The fourth-order valence-corrected chi connectivity index (χ4v) is 4.07. The molecule has 0 saturated heterocycles. The van der Waals surface area contributed by atoms with Crippen molar-refractivity contribution in [2.75, 3.05) is 0 Å². The normalized spacial score (nSPS) is 19.8. The molecule has 1 aliphatic rings. The first-order valence-corrected chi connectivity index (χ1v) is 9.96. The minimum absolute atomic E-state index is 0.0355. The molecule has 10 heteroatoms. The van der Waals surface area contributed by atoms with Crippen LogP contribution in [0.3, 0.4) is 0 Å². The minimum atomic E-state index is -4.80. The second-order valence-corrected chi connectivity index (χ2v) is 7.85. The summed E-state index contributed by atoms with van der Waals surface area (Å²) in [5, 5.41) is 0.667. The van der Waals surface area contributed by atoms with Gasteiger partial charge in [0.2, 0.25) is 5.60 Å². The average molecular weight is 522 g/mol. The van der Waals surface area contributed by atoms with E-state index in [1.165, 1.54) is 0 Å². The fourth-order valence-electron chi connectivity index (χ4n) is 2.58. The summed E-state index contributed by atoms with van der Waals surface area (Å²) in [6, 6.07) is 7.04. The molecule has 27 heavy (non-hydrogen) atoms. The van der Waals surface area contributed by atoms with E-state index in [2.05, 4.69) is 21.4 Å². The third kappa shape index (κ3) is 3.80. The van der Waals surface area contributed by atoms with Crippen molar-refractivity contribution in [1.29, 1.82) is 0 Å². The van der Waals surface area contributed by atoms with E-state index >= 15 is 0 Å². The van der Waals surface area contributed by atoms with Gasteiger partial charge in [0.15, 0.2) is 0 Å². The van der Waals surface area contributed by atoms with E-state index in [9.17, 15) is 13.2 Å². The molecule has 1 heterocycles. The van der Waals surface area contributed by atoms with Crippen LogP contribution in [0.2, 0.25) is 20.1 Å². The summed E-state index contributed by atoms with van der Waals surface area (Å²) < 4.78 is 42.0. The van der Waals surface area contributed by atoms with E-state index in [4.69, 9.17) is 51.2 Å². The molecular weight excluding hydrogens is 513 g/mol. The first kappa shape index (κ1) is 21.1. The molecule has 0 aromatic heterocycles. The predicted octanol–water partition coefficient (Wildman–Crippen LogP) is 7.53. The van der Waals surface area contributed by atoms with Crippen molar-refractivity contribution in [3.8, 4) is 0 Å². The van der Waals surface area contributed by atoms with Gasteiger partial charge in [-0.05, 0) is 29.8 Å². The Morgan fingerprint density at radius 2 is 1.63 bits per heavy atom. The number of hydroxylamine groups is 1. The van der Waals surface area contributed by atoms with Crippen molar-refractivity contribution in [1.82, 2.24) is 5.48 Å². The highest BCUT2D eigenvalue weighted by atomic mass is 79.9. The molecule has 3 rings (SSSR count). The predicted molar refractivity (Wildman–Crippen MR) is 105 cm³/mol. The average Bonchev–Trinajstić information content (AvgIpc) is 3.06. The van der Waals surface area contributed by atoms with Crippen LogP contribution >= 0.6 is 62.3 Å². The van der Waals surface area contributed by atoms with Crippen molar-refractivity contribution >= 4 is 68.0 Å². The van der Waals surface area contributed by atoms with Crippen molar-refractivity contribution in [3.05, 3.63) is 73.2 Å². The summed E-state index contributed by atoms with van der Waals surface area (Å²) in [7, 11) is 0. The van der Waals surface area contributed by atoms with Crippen LogP contribution in [-0.4, -0.2) is 6.18 Å². The summed E-state index contributed by atoms with van der Waals surface area (Å²) in [5.74, 6) is 0. The lowest BCUT2D eigenvalue weighted by Gasteiger charge is -2.29. The highest BCUT2D eigenvalue weighted by Crippen LogP contribution is 2.49. The maximum Gasteiger partial charge on any atom is 0.428 e. The number of alkyl halides is 4. The molecule has 2 aromatic rings. The van der Waals surface area contributed by atoms with Crippen molar-refractivity contribution < 1.29 is 18.0 Å². The summed E-state index contributed by atoms with van der Waals surface area (Å²) in [6.07, 6.45) is -3.88. The van der Waals surface area contributed by atoms with Gasteiger partial charge in [-0.25, -0.2) is 0 Å². The van der Waals surface area contributed by atoms with Gasteiger partial charge in [-0.2, -0.15) is 13.2 Å². The zero-order chi connectivity index (χ0) is 20.0. The van der Waals surface area contributed by atoms with Gasteiger partial charge in [-0.1, -0.05) is 74.5 Å². The zero-order valence-corrected chi connectivity index (χ0v) is 17.7. The van der Waals surface area contributed by atoms with Crippen LogP contribution in [0.1, 0.15) is 16.7 Å². The standard InChI is InChI=1S/C17H9BrCl4F3NO/c18-7-9-2-1-8(3-11(9)19)14-6-16(27-26-14,17(23,24)25)10-4-12(20)15(22)13(21)5-10/h1-6,26H,7H2. The Morgan fingerprint density at radius 3 is 2.15 bits per heavy atom. The number of halogens is 8. The lowest BCUT2D eigenvalue weighted by molar-refractivity contribution is -0.269. The van der Waals surface area contributed by atoms with Crippen LogP contribution in [-0.2, 0) is 15.8 Å². The first-order chi connectivity index (χ1) is 12.6. The molecule has 0 spiro atoms. The highest BCUT2D eigenvalue weighted by Gasteiger charge is 2.59. The smallest absolute Gasteiger partial charge is 0.265 e. The van der Waals surface area contributed by atoms with E-state index < -0.39 is 11.8 Å². The third-order valence-corrected chi connectivity index (χ3v) is 6.16. The Balaban J connectivity index is 2.14. The van der Waals surface area contributed by atoms with Crippen molar-refractivity contribution in [2.45, 2.75) is 17.1 Å². The minimum Gasteiger partial charge on any atom is -0.265 e. The second-order valence-electron chi connectivity index (χ2n) is 5.69. The lowest BCUT2D eigenvalue weighted by atomic mass is 9.91. The second kappa shape index (κ2) is 7.65. The Morgan fingerprint density at radius 1 is 1.00 bits per heavy atom. The van der Waals surface area contributed by atoms with Crippen LogP contribution in [0.15, 0.2) is 36.4 Å². The Labute approximate surface area is 181 Å². The Hall–Kier alpha value is -0.630. The number of benzene rings is 2. The molecule has 144 valence electrons. The summed E-state index contributed by atoms with van der Waals surface area (Å²) in [6.45, 7) is 0. The summed E-state index contributed by atoms with van der Waals surface area (Å²) in [4.78, 5) is 5.02. The zero-order valence-electron chi connectivity index (χ0n) is 13.1. The van der Waals surface area contributed by atoms with E-state index in [0.717, 1.165) is 23.8 Å². The maximum atomic E-state index is 14.0. The molecule has 2 nitrogen and oxygen atoms in total. The monoisotopic (exact) mass is 519 g/mol.